The number of nitrogens with zero attached hydrogens (tertiary/aromatic N) is 4. The molecule has 2 aromatic carbocycles. The summed E-state index contributed by atoms with van der Waals surface area (Å²) in [6.45, 7) is 7.89. The molecule has 1 aromatic heterocycles. The average molecular weight is 574 g/mol. The second-order valence-corrected chi connectivity index (χ2v) is 12.1. The molecule has 0 atom stereocenters. The summed E-state index contributed by atoms with van der Waals surface area (Å²) in [5.41, 5.74) is 2.19. The molecule has 0 bridgehead atoms. The Morgan fingerprint density at radius 1 is 1.00 bits per heavy atom. The van der Waals surface area contributed by atoms with Crippen molar-refractivity contribution >= 4 is 66.6 Å². The zero-order valence-corrected chi connectivity index (χ0v) is 24.5. The van der Waals surface area contributed by atoms with Crippen LogP contribution in [0.15, 0.2) is 41.3 Å². The van der Waals surface area contributed by atoms with E-state index in [4.69, 9.17) is 16.6 Å². The molecule has 0 aliphatic heterocycles. The smallest absolute Gasteiger partial charge is 0.260 e. The molecule has 1 amide bonds. The third-order valence-corrected chi connectivity index (χ3v) is 8.73. The van der Waals surface area contributed by atoms with Gasteiger partial charge in [-0.15, -0.1) is 12.4 Å². The molecule has 0 spiro atoms. The number of rotatable bonds is 11. The number of thiazole rings is 1. The molecular formula is C25H34Cl2N4O3S2. The van der Waals surface area contributed by atoms with E-state index in [1.807, 2.05) is 51.9 Å². The molecule has 0 radical (unpaired) electrons. The molecule has 0 aliphatic rings. The third kappa shape index (κ3) is 6.96. The van der Waals surface area contributed by atoms with Crippen LogP contribution < -0.4 is 4.90 Å². The van der Waals surface area contributed by atoms with E-state index in [9.17, 15) is 13.2 Å². The number of aromatic nitrogens is 1. The van der Waals surface area contributed by atoms with E-state index in [-0.39, 0.29) is 23.2 Å². The van der Waals surface area contributed by atoms with Gasteiger partial charge in [-0.2, -0.15) is 4.31 Å². The number of amides is 1. The van der Waals surface area contributed by atoms with Gasteiger partial charge in [0.15, 0.2) is 5.13 Å². The first kappa shape index (κ1) is 30.5. The van der Waals surface area contributed by atoms with Gasteiger partial charge in [-0.05, 0) is 75.8 Å². The minimum Gasteiger partial charge on any atom is -0.308 e. The fourth-order valence-corrected chi connectivity index (χ4v) is 6.84. The molecular weight excluding hydrogens is 539 g/mol. The zero-order chi connectivity index (χ0) is 25.8. The summed E-state index contributed by atoms with van der Waals surface area (Å²) in [5.74, 6) is -0.224. The van der Waals surface area contributed by atoms with E-state index in [0.717, 1.165) is 28.6 Å². The maximum Gasteiger partial charge on any atom is 0.260 e. The number of halogens is 2. The second kappa shape index (κ2) is 13.2. The number of carbonyl (C=O) groups is 1. The van der Waals surface area contributed by atoms with Crippen LogP contribution in [0.25, 0.3) is 10.2 Å². The first-order valence-corrected chi connectivity index (χ1v) is 14.3. The standard InChI is InChI=1S/C25H33ClN4O3S2.ClH/c1-6-12-29(13-7-2)35(32,33)21-10-8-19(9-11-21)24(31)30(15-14-28(4)5)25-27-23-18(3)16-20(26)17-22(23)34-25;/h8-11,16-17H,6-7,12-15H2,1-5H3;1H. The van der Waals surface area contributed by atoms with Crippen molar-refractivity contribution in [3.05, 3.63) is 52.5 Å². The highest BCUT2D eigenvalue weighted by molar-refractivity contribution is 7.89. The van der Waals surface area contributed by atoms with Crippen LogP contribution in [0.4, 0.5) is 5.13 Å². The molecule has 1 heterocycles. The Bertz CT molecular complexity index is 1270. The monoisotopic (exact) mass is 572 g/mol. The quantitative estimate of drug-likeness (QED) is 0.294. The number of sulfonamides is 1. The van der Waals surface area contributed by atoms with Crippen LogP contribution in [0.2, 0.25) is 5.02 Å². The van der Waals surface area contributed by atoms with Gasteiger partial charge in [-0.1, -0.05) is 36.8 Å². The van der Waals surface area contributed by atoms with Crippen LogP contribution in [0, 0.1) is 6.92 Å². The number of hydrogen-bond acceptors (Lipinski definition) is 6. The van der Waals surface area contributed by atoms with E-state index in [2.05, 4.69) is 0 Å². The summed E-state index contributed by atoms with van der Waals surface area (Å²) in [5, 5.41) is 1.22. The second-order valence-electron chi connectivity index (χ2n) is 8.75. The predicted molar refractivity (Wildman–Crippen MR) is 153 cm³/mol. The normalized spacial score (nSPS) is 11.8. The first-order chi connectivity index (χ1) is 16.6. The predicted octanol–water partition coefficient (Wildman–Crippen LogP) is 5.70. The summed E-state index contributed by atoms with van der Waals surface area (Å²) in [7, 11) is 0.286. The molecule has 198 valence electrons. The summed E-state index contributed by atoms with van der Waals surface area (Å²) >= 11 is 7.65. The number of hydrogen-bond donors (Lipinski definition) is 0. The average Bonchev–Trinajstić information content (AvgIpc) is 3.23. The fraction of sp³-hybridized carbons (Fsp3) is 0.440. The van der Waals surface area contributed by atoms with Gasteiger partial charge in [0.25, 0.3) is 5.91 Å². The lowest BCUT2D eigenvalue weighted by molar-refractivity contribution is 0.0985. The van der Waals surface area contributed by atoms with Gasteiger partial charge in [-0.25, -0.2) is 13.4 Å². The number of carbonyl (C=O) groups excluding carboxylic acids is 1. The van der Waals surface area contributed by atoms with Crippen LogP contribution in [0.3, 0.4) is 0 Å². The van der Waals surface area contributed by atoms with E-state index >= 15 is 0 Å². The topological polar surface area (TPSA) is 73.8 Å². The molecule has 0 aliphatic carbocycles. The number of aryl methyl sites for hydroxylation is 1. The Kier molecular flexibility index (Phi) is 11.1. The van der Waals surface area contributed by atoms with Gasteiger partial charge in [0.2, 0.25) is 10.0 Å². The number of likely N-dealkylation sites (N-methyl/N-ethyl adjacent to an activating group) is 1. The number of fused-ring (bicyclic) bond motifs is 1. The van der Waals surface area contributed by atoms with Crippen molar-refractivity contribution in [3.63, 3.8) is 0 Å². The Morgan fingerprint density at radius 2 is 1.61 bits per heavy atom. The molecule has 36 heavy (non-hydrogen) atoms. The highest BCUT2D eigenvalue weighted by Crippen LogP contribution is 2.33. The molecule has 0 saturated heterocycles. The summed E-state index contributed by atoms with van der Waals surface area (Å²) < 4.78 is 28.6. The van der Waals surface area contributed by atoms with Crippen molar-refractivity contribution in [1.82, 2.24) is 14.2 Å². The van der Waals surface area contributed by atoms with Crippen molar-refractivity contribution in [2.24, 2.45) is 0 Å². The molecule has 0 fully saturated rings. The molecule has 0 N–H and O–H groups in total. The minimum absolute atomic E-state index is 0. The van der Waals surface area contributed by atoms with Crippen LogP contribution in [-0.2, 0) is 10.0 Å². The number of anilines is 1. The van der Waals surface area contributed by atoms with E-state index in [1.165, 1.54) is 27.8 Å². The third-order valence-electron chi connectivity index (χ3n) is 5.57. The fourth-order valence-electron chi connectivity index (χ4n) is 3.77. The summed E-state index contributed by atoms with van der Waals surface area (Å²) in [6, 6.07) is 9.93. The van der Waals surface area contributed by atoms with Crippen LogP contribution >= 0.6 is 35.3 Å². The van der Waals surface area contributed by atoms with Crippen molar-refractivity contribution < 1.29 is 13.2 Å². The van der Waals surface area contributed by atoms with Gasteiger partial charge in [0, 0.05) is 36.8 Å². The van der Waals surface area contributed by atoms with Crippen molar-refractivity contribution in [1.29, 1.82) is 0 Å². The summed E-state index contributed by atoms with van der Waals surface area (Å²) in [6.07, 6.45) is 1.48. The van der Waals surface area contributed by atoms with Gasteiger partial charge >= 0.3 is 0 Å². The molecule has 3 rings (SSSR count). The van der Waals surface area contributed by atoms with Crippen molar-refractivity contribution in [3.8, 4) is 0 Å². The largest absolute Gasteiger partial charge is 0.308 e. The molecule has 0 saturated carbocycles. The van der Waals surface area contributed by atoms with Crippen molar-refractivity contribution in [2.45, 2.75) is 38.5 Å². The van der Waals surface area contributed by atoms with Gasteiger partial charge in [0.05, 0.1) is 15.1 Å². The zero-order valence-electron chi connectivity index (χ0n) is 21.3. The van der Waals surface area contributed by atoms with E-state index in [1.54, 1.807) is 17.0 Å². The Morgan fingerprint density at radius 3 is 2.17 bits per heavy atom. The lowest BCUT2D eigenvalue weighted by Gasteiger charge is -2.23. The van der Waals surface area contributed by atoms with Crippen LogP contribution in [0.5, 0.6) is 0 Å². The lowest BCUT2D eigenvalue weighted by Crippen LogP contribution is -2.36. The molecule has 11 heteroatoms. The Hall–Kier alpha value is -1.75. The minimum atomic E-state index is -3.61. The van der Waals surface area contributed by atoms with Crippen LogP contribution in [0.1, 0.15) is 42.6 Å². The Balaban J connectivity index is 0.00000456. The lowest BCUT2D eigenvalue weighted by atomic mass is 10.2. The summed E-state index contributed by atoms with van der Waals surface area (Å²) in [4.78, 5) is 22.2. The maximum absolute atomic E-state index is 13.6. The van der Waals surface area contributed by atoms with Crippen LogP contribution in [-0.4, -0.2) is 68.8 Å². The SMILES string of the molecule is CCCN(CCC)S(=O)(=O)c1ccc(C(=O)N(CCN(C)C)c2nc3c(C)cc(Cl)cc3s2)cc1.Cl. The van der Waals surface area contributed by atoms with Gasteiger partial charge in [0.1, 0.15) is 0 Å². The first-order valence-electron chi connectivity index (χ1n) is 11.7. The molecule has 3 aromatic rings. The number of benzene rings is 2. The molecule has 7 nitrogen and oxygen atoms in total. The van der Waals surface area contributed by atoms with E-state index in [0.29, 0.717) is 41.9 Å². The highest BCUT2D eigenvalue weighted by atomic mass is 35.5. The van der Waals surface area contributed by atoms with Crippen molar-refractivity contribution in [2.75, 3.05) is 45.2 Å². The Labute approximate surface area is 229 Å². The van der Waals surface area contributed by atoms with Gasteiger partial charge in [-0.3, -0.25) is 9.69 Å². The van der Waals surface area contributed by atoms with Gasteiger partial charge < -0.3 is 4.90 Å². The molecule has 0 unspecified atom stereocenters. The van der Waals surface area contributed by atoms with E-state index < -0.39 is 10.0 Å². The highest BCUT2D eigenvalue weighted by Gasteiger charge is 2.25. The maximum atomic E-state index is 13.6.